The third kappa shape index (κ3) is 8.74. The predicted molar refractivity (Wildman–Crippen MR) is 200 cm³/mol. The van der Waals surface area contributed by atoms with Crippen molar-refractivity contribution in [1.29, 1.82) is 0 Å². The van der Waals surface area contributed by atoms with Gasteiger partial charge in [0, 0.05) is 0 Å². The molecule has 0 atom stereocenters. The Morgan fingerprint density at radius 2 is 0.609 bits per heavy atom. The molecule has 6 aliphatic rings. The van der Waals surface area contributed by atoms with E-state index in [0.29, 0.717) is 24.9 Å². The van der Waals surface area contributed by atoms with Crippen LogP contribution >= 0.6 is 14.5 Å². The van der Waals surface area contributed by atoms with Gasteiger partial charge in [0.05, 0.1) is 0 Å². The fourth-order valence-corrected chi connectivity index (χ4v) is 27.2. The van der Waals surface area contributed by atoms with Gasteiger partial charge in [0.1, 0.15) is 0 Å². The summed E-state index contributed by atoms with van der Waals surface area (Å²) in [6.45, 7) is -2.98. The maximum absolute atomic E-state index is 12.4. The third-order valence-corrected chi connectivity index (χ3v) is 27.9. The van der Waals surface area contributed by atoms with Gasteiger partial charge < -0.3 is 0 Å². The molecule has 0 spiro atoms. The van der Waals surface area contributed by atoms with Crippen molar-refractivity contribution >= 4 is 26.5 Å². The topological polar surface area (TPSA) is 74.6 Å². The minimum atomic E-state index is -2.98. The fraction of sp³-hybridized carbons (Fsp3) is 0.950. The Hall–Kier alpha value is -0.200. The number of carbonyl (C=O) groups is 2. The van der Waals surface area contributed by atoms with Crippen LogP contribution in [0.25, 0.3) is 0 Å². The summed E-state index contributed by atoms with van der Waals surface area (Å²) in [5, 5.41) is 20.3. The van der Waals surface area contributed by atoms with E-state index in [2.05, 4.69) is 0 Å². The van der Waals surface area contributed by atoms with Crippen molar-refractivity contribution in [3.05, 3.63) is 0 Å². The van der Waals surface area contributed by atoms with Crippen LogP contribution in [0.15, 0.2) is 0 Å². The van der Waals surface area contributed by atoms with E-state index >= 15 is 0 Å². The zero-order valence-electron chi connectivity index (χ0n) is 29.7. The van der Waals surface area contributed by atoms with E-state index in [1.165, 1.54) is 94.0 Å². The Bertz CT molecular complexity index is 806. The van der Waals surface area contributed by atoms with Gasteiger partial charge in [-0.15, -0.1) is 0 Å². The second kappa shape index (κ2) is 18.2. The maximum atomic E-state index is 12.4. The first-order chi connectivity index (χ1) is 22.4. The number of rotatable bonds is 10. The average molecular weight is 679 g/mol. The molecule has 0 radical (unpaired) electrons. The molecule has 6 heteroatoms. The Labute approximate surface area is 284 Å². The molecule has 6 rings (SSSR count). The molecular formula is C40H72O4P2. The Kier molecular flexibility index (Phi) is 14.6. The van der Waals surface area contributed by atoms with Crippen LogP contribution in [0.1, 0.15) is 193 Å². The zero-order chi connectivity index (χ0) is 32.3. The Morgan fingerprint density at radius 1 is 0.391 bits per heavy atom. The van der Waals surface area contributed by atoms with E-state index in [1.54, 1.807) is 77.0 Å². The fourth-order valence-electron chi connectivity index (χ4n) is 12.6. The first-order valence-corrected chi connectivity index (χ1v) is 25.0. The van der Waals surface area contributed by atoms with Crippen LogP contribution in [0.5, 0.6) is 0 Å². The molecule has 0 amide bonds. The van der Waals surface area contributed by atoms with Gasteiger partial charge in [-0.3, -0.25) is 0 Å². The first kappa shape index (κ1) is 37.1. The summed E-state index contributed by atoms with van der Waals surface area (Å²) >= 11 is 0. The van der Waals surface area contributed by atoms with Crippen LogP contribution in [0.3, 0.4) is 0 Å². The minimum absolute atomic E-state index is 0.206. The van der Waals surface area contributed by atoms with E-state index in [9.17, 15) is 19.8 Å². The molecule has 0 aromatic carbocycles. The van der Waals surface area contributed by atoms with E-state index in [4.69, 9.17) is 0 Å². The average Bonchev–Trinajstić information content (AvgIpc) is 3.11. The van der Waals surface area contributed by atoms with E-state index < -0.39 is 18.5 Å². The number of aliphatic carboxylic acids is 2. The number of hydrogen-bond donors (Lipinski definition) is 2. The summed E-state index contributed by atoms with van der Waals surface area (Å²) in [5.74, 6) is -1.42. The van der Waals surface area contributed by atoms with Crippen molar-refractivity contribution in [2.75, 3.05) is 12.3 Å². The summed E-state index contributed by atoms with van der Waals surface area (Å²) in [6, 6.07) is 0. The van der Waals surface area contributed by atoms with Crippen LogP contribution in [0, 0.1) is 0 Å². The van der Waals surface area contributed by atoms with Crippen molar-refractivity contribution in [2.24, 2.45) is 0 Å². The number of carboxylic acid groups (broad SMARTS) is 2. The second-order valence-corrected chi connectivity index (χ2v) is 26.5. The molecule has 0 aromatic heterocycles. The summed E-state index contributed by atoms with van der Waals surface area (Å²) in [5.41, 5.74) is 4.74. The molecule has 0 saturated heterocycles. The number of carboxylic acids is 2. The summed E-state index contributed by atoms with van der Waals surface area (Å²) in [6.07, 6.45) is 41.3. The van der Waals surface area contributed by atoms with Gasteiger partial charge in [0.25, 0.3) is 0 Å². The summed E-state index contributed by atoms with van der Waals surface area (Å²) in [4.78, 5) is 24.7. The first-order valence-electron chi connectivity index (χ1n) is 20.6. The van der Waals surface area contributed by atoms with Crippen LogP contribution < -0.4 is 0 Å². The third-order valence-electron chi connectivity index (χ3n) is 14.6. The summed E-state index contributed by atoms with van der Waals surface area (Å²) in [7, 11) is 0.385. The molecule has 46 heavy (non-hydrogen) atoms. The van der Waals surface area contributed by atoms with Crippen molar-refractivity contribution in [2.45, 2.75) is 227 Å². The van der Waals surface area contributed by atoms with Gasteiger partial charge >= 0.3 is 164 Å². The van der Waals surface area contributed by atoms with Crippen LogP contribution in [-0.2, 0) is 9.59 Å². The normalized spacial score (nSPS) is 26.9. The predicted octanol–water partition coefficient (Wildman–Crippen LogP) is 12.2. The Balaban J connectivity index is 0.000000192. The Morgan fingerprint density at radius 3 is 0.826 bits per heavy atom. The van der Waals surface area contributed by atoms with Gasteiger partial charge in [-0.25, -0.2) is 0 Å². The van der Waals surface area contributed by atoms with Crippen molar-refractivity contribution in [3.8, 4) is 0 Å². The standard InChI is InChI=1S/C22H39O4P.C18H33P/c23-21(24)16-27(17-22(25)26,18-10-4-1-5-11-18,19-12-6-2-7-13-19)20-14-8-3-9-15-20;1-4-10-16(11-5-1)19(17-12-6-2-7-13-17)18-14-8-3-9-15-18/h18-20H,1-17H2,(H,23,24)(H,25,26);16-18H,1-15H2. The monoisotopic (exact) mass is 678 g/mol. The molecule has 0 unspecified atom stereocenters. The van der Waals surface area contributed by atoms with Crippen molar-refractivity contribution in [1.82, 2.24) is 0 Å². The quantitative estimate of drug-likeness (QED) is 0.226. The molecule has 6 saturated carbocycles. The van der Waals surface area contributed by atoms with Crippen LogP contribution in [0.4, 0.5) is 0 Å². The zero-order valence-corrected chi connectivity index (χ0v) is 31.5. The SMILES string of the molecule is C1CCC(P(C2CCCCC2)C2CCCCC2)CC1.O=C(O)CP(CC(=O)O)(C1CCCCC1)(C1CCCCC1)C1CCCCC1. The van der Waals surface area contributed by atoms with Crippen LogP contribution in [-0.4, -0.2) is 68.4 Å². The van der Waals surface area contributed by atoms with Gasteiger partial charge in [0.2, 0.25) is 0 Å². The molecule has 4 nitrogen and oxygen atoms in total. The number of hydrogen-bond acceptors (Lipinski definition) is 2. The molecule has 6 fully saturated rings. The van der Waals surface area contributed by atoms with Crippen LogP contribution in [0.2, 0.25) is 0 Å². The molecule has 0 bridgehead atoms. The molecular weight excluding hydrogens is 606 g/mol. The molecule has 6 aliphatic carbocycles. The van der Waals surface area contributed by atoms with Gasteiger partial charge in [-0.2, -0.15) is 0 Å². The van der Waals surface area contributed by atoms with Crippen molar-refractivity contribution in [3.63, 3.8) is 0 Å². The molecule has 2 N–H and O–H groups in total. The van der Waals surface area contributed by atoms with Gasteiger partial charge in [-0.1, -0.05) is 65.7 Å². The van der Waals surface area contributed by atoms with Gasteiger partial charge in [-0.05, 0) is 55.5 Å². The summed E-state index contributed by atoms with van der Waals surface area (Å²) < 4.78 is 0. The molecule has 0 heterocycles. The molecule has 0 aliphatic heterocycles. The van der Waals surface area contributed by atoms with E-state index in [0.717, 1.165) is 38.5 Å². The second-order valence-electron chi connectivity index (χ2n) is 17.1. The van der Waals surface area contributed by atoms with E-state index in [1.807, 2.05) is 0 Å². The van der Waals surface area contributed by atoms with Crippen molar-refractivity contribution < 1.29 is 19.8 Å². The molecule has 0 aromatic rings. The molecule has 266 valence electrons. The van der Waals surface area contributed by atoms with Gasteiger partial charge in [0.15, 0.2) is 0 Å². The van der Waals surface area contributed by atoms with E-state index in [-0.39, 0.29) is 12.3 Å².